The lowest BCUT2D eigenvalue weighted by molar-refractivity contribution is -0.150. The maximum absolute atomic E-state index is 14.3. The molecule has 2 aromatic carbocycles. The third-order valence-corrected chi connectivity index (χ3v) is 10.5. The minimum absolute atomic E-state index is 0.0405. The topological polar surface area (TPSA) is 75.9 Å². The van der Waals surface area contributed by atoms with Crippen molar-refractivity contribution in [1.29, 1.82) is 0 Å². The summed E-state index contributed by atoms with van der Waals surface area (Å²) < 4.78 is 101. The number of methoxy groups -OCH3 is 1. The highest BCUT2D eigenvalue weighted by atomic mass is 19.4. The Kier molecular flexibility index (Phi) is 8.76. The van der Waals surface area contributed by atoms with E-state index in [1.165, 1.54) is 38.0 Å². The molecule has 13 heteroatoms. The zero-order valence-electron chi connectivity index (χ0n) is 26.1. The molecular formula is C33H38F7N3O3. The number of esters is 1. The molecule has 3 fully saturated rings. The number of rotatable bonds is 6. The van der Waals surface area contributed by atoms with E-state index in [4.69, 9.17) is 10.5 Å². The Hall–Kier alpha value is -3.19. The van der Waals surface area contributed by atoms with Crippen LogP contribution < -0.4 is 5.73 Å². The predicted molar refractivity (Wildman–Crippen MR) is 155 cm³/mol. The smallest absolute Gasteiger partial charge is 0.416 e. The van der Waals surface area contributed by atoms with Crippen molar-refractivity contribution in [1.82, 2.24) is 9.80 Å². The van der Waals surface area contributed by atoms with Gasteiger partial charge in [0.25, 0.3) is 0 Å². The first-order chi connectivity index (χ1) is 21.3. The molecule has 2 N–H and O–H groups in total. The number of hydrogen-bond acceptors (Lipinski definition) is 5. The van der Waals surface area contributed by atoms with Gasteiger partial charge in [-0.25, -0.2) is 4.39 Å². The SMILES string of the molecule is COC(=O)C12CC1CCN([C@H]1CCN(C(=O)C(C)(N)[C@H](C)c3cc(C(F)(F)F)cc(C(F)(F)F)c3)[C@@H](c3ccc(F)cc3C)C1)C2. The molecule has 1 amide bonds. The summed E-state index contributed by atoms with van der Waals surface area (Å²) in [6, 6.07) is 4.78. The Morgan fingerprint density at radius 3 is 2.20 bits per heavy atom. The number of piperidine rings is 2. The summed E-state index contributed by atoms with van der Waals surface area (Å²) in [4.78, 5) is 30.7. The summed E-state index contributed by atoms with van der Waals surface area (Å²) in [5, 5.41) is 0. The van der Waals surface area contributed by atoms with E-state index in [0.29, 0.717) is 42.6 Å². The maximum atomic E-state index is 14.3. The average molecular weight is 658 g/mol. The van der Waals surface area contributed by atoms with Gasteiger partial charge in [-0.3, -0.25) is 14.5 Å². The first-order valence-electron chi connectivity index (χ1n) is 15.3. The van der Waals surface area contributed by atoms with Crippen LogP contribution in [0.1, 0.15) is 79.3 Å². The Bertz CT molecular complexity index is 1480. The van der Waals surface area contributed by atoms with Crippen molar-refractivity contribution in [3.05, 3.63) is 70.0 Å². The lowest BCUT2D eigenvalue weighted by Crippen LogP contribution is -2.60. The minimum Gasteiger partial charge on any atom is -0.469 e. The van der Waals surface area contributed by atoms with E-state index < -0.39 is 58.1 Å². The molecule has 252 valence electrons. The van der Waals surface area contributed by atoms with Crippen molar-refractivity contribution in [2.45, 2.75) is 82.3 Å². The van der Waals surface area contributed by atoms with Gasteiger partial charge in [-0.2, -0.15) is 26.3 Å². The number of hydrogen-bond donors (Lipinski definition) is 1. The number of benzene rings is 2. The van der Waals surface area contributed by atoms with E-state index in [0.717, 1.165) is 19.4 Å². The first-order valence-corrected chi connectivity index (χ1v) is 15.3. The van der Waals surface area contributed by atoms with E-state index in [1.807, 2.05) is 0 Å². The van der Waals surface area contributed by atoms with Crippen LogP contribution in [0.4, 0.5) is 30.7 Å². The van der Waals surface area contributed by atoms with Gasteiger partial charge in [-0.1, -0.05) is 13.0 Å². The molecule has 1 saturated carbocycles. The van der Waals surface area contributed by atoms with Gasteiger partial charge < -0.3 is 15.4 Å². The van der Waals surface area contributed by atoms with Crippen LogP contribution in [0, 0.1) is 24.1 Å². The van der Waals surface area contributed by atoms with Crippen molar-refractivity contribution < 1.29 is 45.1 Å². The highest BCUT2D eigenvalue weighted by Crippen LogP contribution is 2.59. The van der Waals surface area contributed by atoms with Gasteiger partial charge in [0, 0.05) is 25.0 Å². The highest BCUT2D eigenvalue weighted by Gasteiger charge is 2.63. The Balaban J connectivity index is 1.46. The van der Waals surface area contributed by atoms with Gasteiger partial charge in [0.1, 0.15) is 5.82 Å². The van der Waals surface area contributed by atoms with Crippen LogP contribution in [0.2, 0.25) is 0 Å². The zero-order valence-corrected chi connectivity index (χ0v) is 26.1. The maximum Gasteiger partial charge on any atom is 0.416 e. The molecule has 0 radical (unpaired) electrons. The van der Waals surface area contributed by atoms with Crippen molar-refractivity contribution in [2.75, 3.05) is 26.7 Å². The largest absolute Gasteiger partial charge is 0.469 e. The van der Waals surface area contributed by atoms with Crippen molar-refractivity contribution in [3.63, 3.8) is 0 Å². The molecule has 0 bridgehead atoms. The normalized spacial score (nSPS) is 27.4. The monoisotopic (exact) mass is 657 g/mol. The fourth-order valence-corrected chi connectivity index (χ4v) is 7.44. The van der Waals surface area contributed by atoms with E-state index >= 15 is 0 Å². The minimum atomic E-state index is -5.06. The predicted octanol–water partition coefficient (Wildman–Crippen LogP) is 6.61. The van der Waals surface area contributed by atoms with Gasteiger partial charge >= 0.3 is 18.3 Å². The molecule has 6 nitrogen and oxygen atoms in total. The van der Waals surface area contributed by atoms with Crippen LogP contribution in [0.25, 0.3) is 0 Å². The van der Waals surface area contributed by atoms with E-state index in [-0.39, 0.29) is 36.1 Å². The average Bonchev–Trinajstić information content (AvgIpc) is 3.74. The first kappa shape index (κ1) is 34.2. The summed E-state index contributed by atoms with van der Waals surface area (Å²) in [5.41, 5.74) is 2.01. The third kappa shape index (κ3) is 6.24. The second-order valence-electron chi connectivity index (χ2n) is 13.3. The molecule has 3 aliphatic rings. The Labute approximate surface area is 263 Å². The van der Waals surface area contributed by atoms with Gasteiger partial charge in [-0.15, -0.1) is 0 Å². The number of alkyl halides is 6. The molecule has 5 rings (SSSR count). The number of nitrogens with two attached hydrogens (primary N) is 1. The lowest BCUT2D eigenvalue weighted by atomic mass is 9.78. The van der Waals surface area contributed by atoms with E-state index in [9.17, 15) is 40.3 Å². The second-order valence-corrected chi connectivity index (χ2v) is 13.3. The highest BCUT2D eigenvalue weighted by molar-refractivity contribution is 5.87. The van der Waals surface area contributed by atoms with Crippen LogP contribution in [-0.2, 0) is 26.7 Å². The van der Waals surface area contributed by atoms with Crippen molar-refractivity contribution >= 4 is 11.9 Å². The van der Waals surface area contributed by atoms with Crippen molar-refractivity contribution in [2.24, 2.45) is 17.1 Å². The molecule has 2 aromatic rings. The van der Waals surface area contributed by atoms with Crippen LogP contribution in [-0.4, -0.2) is 60.0 Å². The summed E-state index contributed by atoms with van der Waals surface area (Å²) in [6.07, 6.45) is -7.63. The number of nitrogens with zero attached hydrogens (tertiary/aromatic N) is 2. The van der Waals surface area contributed by atoms with Gasteiger partial charge in [0.2, 0.25) is 5.91 Å². The van der Waals surface area contributed by atoms with E-state index in [1.54, 1.807) is 13.0 Å². The van der Waals surface area contributed by atoms with Crippen LogP contribution >= 0.6 is 0 Å². The lowest BCUT2D eigenvalue weighted by Gasteiger charge is -2.48. The van der Waals surface area contributed by atoms with Crippen LogP contribution in [0.3, 0.4) is 0 Å². The zero-order chi connectivity index (χ0) is 34.0. The second kappa shape index (κ2) is 11.8. The third-order valence-electron chi connectivity index (χ3n) is 10.5. The Morgan fingerprint density at radius 2 is 1.63 bits per heavy atom. The van der Waals surface area contributed by atoms with Crippen LogP contribution in [0.5, 0.6) is 0 Å². The Morgan fingerprint density at radius 1 is 1.00 bits per heavy atom. The number of carbonyl (C=O) groups is 2. The fraction of sp³-hybridized carbons (Fsp3) is 0.576. The molecule has 2 saturated heterocycles. The quantitative estimate of drug-likeness (QED) is 0.280. The molecule has 6 atom stereocenters. The molecular weight excluding hydrogens is 619 g/mol. The number of ether oxygens (including phenoxy) is 1. The number of amides is 1. The number of likely N-dealkylation sites (tertiary alicyclic amines) is 2. The van der Waals surface area contributed by atoms with Gasteiger partial charge in [-0.05, 0) is 99.0 Å². The molecule has 1 aliphatic carbocycles. The summed E-state index contributed by atoms with van der Waals surface area (Å²) in [5.74, 6) is -2.34. The fourth-order valence-electron chi connectivity index (χ4n) is 7.44. The molecule has 46 heavy (non-hydrogen) atoms. The molecule has 2 aliphatic heterocycles. The van der Waals surface area contributed by atoms with Crippen molar-refractivity contribution in [3.8, 4) is 0 Å². The van der Waals surface area contributed by atoms with Gasteiger partial charge in [0.15, 0.2) is 0 Å². The molecule has 2 heterocycles. The molecule has 3 unspecified atom stereocenters. The van der Waals surface area contributed by atoms with Crippen LogP contribution in [0.15, 0.2) is 36.4 Å². The summed E-state index contributed by atoms with van der Waals surface area (Å²) in [6.45, 7) is 5.81. The van der Waals surface area contributed by atoms with E-state index in [2.05, 4.69) is 4.90 Å². The number of aryl methyl sites for hydroxylation is 1. The molecule has 0 spiro atoms. The number of halogens is 7. The van der Waals surface area contributed by atoms with Gasteiger partial charge in [0.05, 0.1) is 35.2 Å². The summed E-state index contributed by atoms with van der Waals surface area (Å²) in [7, 11) is 1.37. The number of fused-ring (bicyclic) bond motifs is 1. The molecule has 0 aromatic heterocycles. The summed E-state index contributed by atoms with van der Waals surface area (Å²) >= 11 is 0. The number of carbonyl (C=O) groups excluding carboxylic acids is 2. The standard InChI is InChI=1S/C33H38F7N3O3/c1-18-11-24(34)5-6-26(18)27-15-25(42-9-7-21-16-31(21,17-42)29(45)46-4)8-10-43(27)28(44)30(3,41)19(2)20-12-22(32(35,36)37)14-23(13-20)33(38,39)40/h5-6,11-14,19,21,25,27H,7-10,15-17,41H2,1-4H3/t19-,21?,25+,27-,30?,31?/m1/s1.